The smallest absolute Gasteiger partial charge is 0.125 e. The summed E-state index contributed by atoms with van der Waals surface area (Å²) in [5.41, 5.74) is 7.12. The van der Waals surface area contributed by atoms with E-state index in [0.29, 0.717) is 5.92 Å². The second-order valence-corrected chi connectivity index (χ2v) is 6.87. The molecule has 1 unspecified atom stereocenters. The third kappa shape index (κ3) is 2.34. The van der Waals surface area contributed by atoms with Crippen LogP contribution in [0.1, 0.15) is 66.9 Å². The van der Waals surface area contributed by atoms with Crippen LogP contribution in [-0.2, 0) is 16.8 Å². The Bertz CT molecular complexity index is 437. The van der Waals surface area contributed by atoms with Gasteiger partial charge in [-0.1, -0.05) is 12.8 Å². The summed E-state index contributed by atoms with van der Waals surface area (Å²) in [4.78, 5) is 6.46. The van der Waals surface area contributed by atoms with Gasteiger partial charge in [-0.3, -0.25) is 0 Å². The molecule has 0 amide bonds. The molecule has 2 aliphatic rings. The number of hydrogen-bond donors (Lipinski definition) is 1. The van der Waals surface area contributed by atoms with Gasteiger partial charge in [0.2, 0.25) is 0 Å². The van der Waals surface area contributed by atoms with Crippen molar-refractivity contribution in [3.8, 4) is 0 Å². The molecule has 19 heavy (non-hydrogen) atoms. The number of rotatable bonds is 4. The first kappa shape index (κ1) is 13.5. The van der Waals surface area contributed by atoms with Gasteiger partial charge in [-0.2, -0.15) is 0 Å². The van der Waals surface area contributed by atoms with Crippen molar-refractivity contribution in [3.63, 3.8) is 0 Å². The third-order valence-corrected chi connectivity index (χ3v) is 5.89. The SMILES string of the molecule is CCOC1(c2nc3c(s2)CCCC3CN)CCCC1. The summed E-state index contributed by atoms with van der Waals surface area (Å²) in [6.07, 6.45) is 8.47. The molecule has 3 rings (SSSR count). The Balaban J connectivity index is 1.94. The molecule has 1 aromatic heterocycles. The fourth-order valence-corrected chi connectivity index (χ4v) is 4.96. The number of nitrogens with zero attached hydrogens (tertiary/aromatic N) is 1. The summed E-state index contributed by atoms with van der Waals surface area (Å²) >= 11 is 1.90. The molecule has 1 saturated carbocycles. The number of hydrogen-bond acceptors (Lipinski definition) is 4. The van der Waals surface area contributed by atoms with Gasteiger partial charge in [0, 0.05) is 23.9 Å². The number of nitrogens with two attached hydrogens (primary N) is 1. The van der Waals surface area contributed by atoms with Crippen molar-refractivity contribution in [3.05, 3.63) is 15.6 Å². The van der Waals surface area contributed by atoms with Crippen LogP contribution in [-0.4, -0.2) is 18.1 Å². The molecule has 1 atom stereocenters. The lowest BCUT2D eigenvalue weighted by molar-refractivity contribution is -0.0392. The predicted molar refractivity (Wildman–Crippen MR) is 78.6 cm³/mol. The van der Waals surface area contributed by atoms with E-state index in [4.69, 9.17) is 15.5 Å². The van der Waals surface area contributed by atoms with Crippen molar-refractivity contribution in [2.75, 3.05) is 13.2 Å². The summed E-state index contributed by atoms with van der Waals surface area (Å²) in [6, 6.07) is 0. The van der Waals surface area contributed by atoms with E-state index in [0.717, 1.165) is 26.0 Å². The zero-order valence-corrected chi connectivity index (χ0v) is 12.6. The first-order valence-electron chi connectivity index (χ1n) is 7.63. The van der Waals surface area contributed by atoms with Crippen LogP contribution in [0.3, 0.4) is 0 Å². The fourth-order valence-electron chi connectivity index (χ4n) is 3.57. The average Bonchev–Trinajstić information content (AvgIpc) is 3.05. The lowest BCUT2D eigenvalue weighted by Crippen LogP contribution is -2.26. The minimum Gasteiger partial charge on any atom is -0.368 e. The Kier molecular flexibility index (Phi) is 3.92. The van der Waals surface area contributed by atoms with Gasteiger partial charge in [-0.25, -0.2) is 4.98 Å². The van der Waals surface area contributed by atoms with Gasteiger partial charge in [-0.15, -0.1) is 11.3 Å². The summed E-state index contributed by atoms with van der Waals surface area (Å²) < 4.78 is 6.14. The van der Waals surface area contributed by atoms with Crippen LogP contribution in [0.2, 0.25) is 0 Å². The molecule has 1 heterocycles. The van der Waals surface area contributed by atoms with Crippen molar-refractivity contribution in [1.82, 2.24) is 4.98 Å². The normalized spacial score (nSPS) is 25.5. The van der Waals surface area contributed by atoms with Crippen molar-refractivity contribution >= 4 is 11.3 Å². The van der Waals surface area contributed by atoms with Gasteiger partial charge in [-0.05, 0) is 39.0 Å². The molecule has 0 saturated heterocycles. The first-order chi connectivity index (χ1) is 9.29. The zero-order valence-electron chi connectivity index (χ0n) is 11.8. The maximum Gasteiger partial charge on any atom is 0.125 e. The summed E-state index contributed by atoms with van der Waals surface area (Å²) in [6.45, 7) is 3.61. The van der Waals surface area contributed by atoms with Crippen molar-refractivity contribution in [2.24, 2.45) is 5.73 Å². The van der Waals surface area contributed by atoms with E-state index in [1.807, 2.05) is 11.3 Å². The van der Waals surface area contributed by atoms with E-state index in [2.05, 4.69) is 6.92 Å². The molecule has 106 valence electrons. The summed E-state index contributed by atoms with van der Waals surface area (Å²) in [5.74, 6) is 0.480. The minimum absolute atomic E-state index is 0.0735. The van der Waals surface area contributed by atoms with Crippen LogP contribution in [0.4, 0.5) is 0 Å². The van der Waals surface area contributed by atoms with Gasteiger partial charge >= 0.3 is 0 Å². The highest BCUT2D eigenvalue weighted by Crippen LogP contribution is 2.46. The number of aryl methyl sites for hydroxylation is 1. The van der Waals surface area contributed by atoms with E-state index >= 15 is 0 Å². The van der Waals surface area contributed by atoms with E-state index in [1.54, 1.807) is 0 Å². The van der Waals surface area contributed by atoms with Crippen LogP contribution < -0.4 is 5.73 Å². The van der Waals surface area contributed by atoms with Gasteiger partial charge in [0.25, 0.3) is 0 Å². The Labute approximate surface area is 119 Å². The average molecular weight is 280 g/mol. The van der Waals surface area contributed by atoms with E-state index in [9.17, 15) is 0 Å². The highest BCUT2D eigenvalue weighted by atomic mass is 32.1. The van der Waals surface area contributed by atoms with Gasteiger partial charge in [0.15, 0.2) is 0 Å². The molecule has 1 aromatic rings. The van der Waals surface area contributed by atoms with Gasteiger partial charge in [0.05, 0.1) is 5.69 Å². The van der Waals surface area contributed by atoms with E-state index in [1.165, 1.54) is 47.7 Å². The molecule has 0 aliphatic heterocycles. The minimum atomic E-state index is -0.0735. The molecule has 3 nitrogen and oxygen atoms in total. The quantitative estimate of drug-likeness (QED) is 0.920. The number of ether oxygens (including phenoxy) is 1. The van der Waals surface area contributed by atoms with E-state index < -0.39 is 0 Å². The lowest BCUT2D eigenvalue weighted by atomic mass is 9.91. The highest BCUT2D eigenvalue weighted by Gasteiger charge is 2.40. The second-order valence-electron chi connectivity index (χ2n) is 5.79. The Morgan fingerprint density at radius 3 is 2.84 bits per heavy atom. The molecule has 4 heteroatoms. The van der Waals surface area contributed by atoms with Crippen molar-refractivity contribution in [2.45, 2.75) is 63.4 Å². The monoisotopic (exact) mass is 280 g/mol. The zero-order chi connectivity index (χ0) is 13.3. The Hall–Kier alpha value is -0.450. The van der Waals surface area contributed by atoms with Crippen LogP contribution in [0, 0.1) is 0 Å². The van der Waals surface area contributed by atoms with E-state index in [-0.39, 0.29) is 5.60 Å². The Morgan fingerprint density at radius 2 is 2.16 bits per heavy atom. The predicted octanol–water partition coefficient (Wildman–Crippen LogP) is 3.33. The molecule has 2 N–H and O–H groups in total. The largest absolute Gasteiger partial charge is 0.368 e. The fraction of sp³-hybridized carbons (Fsp3) is 0.800. The Morgan fingerprint density at radius 1 is 1.37 bits per heavy atom. The first-order valence-corrected chi connectivity index (χ1v) is 8.45. The lowest BCUT2D eigenvalue weighted by Gasteiger charge is -2.26. The molecule has 2 aliphatic carbocycles. The molecule has 0 radical (unpaired) electrons. The van der Waals surface area contributed by atoms with Crippen LogP contribution in [0.15, 0.2) is 0 Å². The molecular formula is C15H24N2OS. The maximum atomic E-state index is 6.14. The topological polar surface area (TPSA) is 48.1 Å². The van der Waals surface area contributed by atoms with Crippen molar-refractivity contribution < 1.29 is 4.74 Å². The molecule has 0 aromatic carbocycles. The maximum absolute atomic E-state index is 6.14. The second kappa shape index (κ2) is 5.51. The summed E-state index contributed by atoms with van der Waals surface area (Å²) in [7, 11) is 0. The molecular weight excluding hydrogens is 256 g/mol. The van der Waals surface area contributed by atoms with Crippen LogP contribution >= 0.6 is 11.3 Å². The van der Waals surface area contributed by atoms with Crippen LogP contribution in [0.5, 0.6) is 0 Å². The highest BCUT2D eigenvalue weighted by molar-refractivity contribution is 7.11. The van der Waals surface area contributed by atoms with Gasteiger partial charge in [0.1, 0.15) is 10.6 Å². The van der Waals surface area contributed by atoms with Crippen molar-refractivity contribution in [1.29, 1.82) is 0 Å². The van der Waals surface area contributed by atoms with Crippen LogP contribution in [0.25, 0.3) is 0 Å². The number of fused-ring (bicyclic) bond motifs is 1. The molecule has 0 bridgehead atoms. The molecule has 1 fully saturated rings. The third-order valence-electron chi connectivity index (χ3n) is 4.58. The number of aromatic nitrogens is 1. The van der Waals surface area contributed by atoms with Gasteiger partial charge < -0.3 is 10.5 Å². The summed E-state index contributed by atoms with van der Waals surface area (Å²) in [5, 5.41) is 1.23. The number of thiazole rings is 1. The molecule has 0 spiro atoms. The standard InChI is InChI=1S/C15H24N2OS/c1-2-18-15(8-3-4-9-15)14-17-13-11(10-16)6-5-7-12(13)19-14/h11H,2-10,16H2,1H3.